The van der Waals surface area contributed by atoms with Crippen LogP contribution >= 0.6 is 15.9 Å². The fourth-order valence-corrected chi connectivity index (χ4v) is 1.45. The summed E-state index contributed by atoms with van der Waals surface area (Å²) in [5, 5.41) is 3.67. The van der Waals surface area contributed by atoms with Crippen LogP contribution in [0.25, 0.3) is 0 Å². The molecule has 0 spiro atoms. The molecule has 0 heterocycles. The molecular formula is C11H11BrN2O4. The number of hydrogen-bond acceptors (Lipinski definition) is 6. The number of nitrogens with one attached hydrogen (secondary N) is 1. The van der Waals surface area contributed by atoms with E-state index in [0.717, 1.165) is 18.7 Å². The molecule has 0 aliphatic heterocycles. The molecule has 1 N–H and O–H groups in total. The third-order valence-electron chi connectivity index (χ3n) is 1.88. The Morgan fingerprint density at radius 2 is 1.83 bits per heavy atom. The molecule has 1 rings (SSSR count). The van der Waals surface area contributed by atoms with E-state index in [-0.39, 0.29) is 0 Å². The van der Waals surface area contributed by atoms with E-state index in [1.807, 2.05) is 6.07 Å². The number of carbonyl (C=O) groups excluding carboxylic acids is 2. The van der Waals surface area contributed by atoms with E-state index in [1.165, 1.54) is 0 Å². The first-order valence-corrected chi connectivity index (χ1v) is 5.63. The van der Waals surface area contributed by atoms with Crippen LogP contribution in [0.5, 0.6) is 0 Å². The van der Waals surface area contributed by atoms with Crippen LogP contribution in [0.3, 0.4) is 0 Å². The van der Waals surface area contributed by atoms with Crippen molar-refractivity contribution in [1.29, 1.82) is 0 Å². The summed E-state index contributed by atoms with van der Waals surface area (Å²) in [7, 11) is 2.31. The summed E-state index contributed by atoms with van der Waals surface area (Å²) >= 11 is 3.28. The monoisotopic (exact) mass is 314 g/mol. The predicted octanol–water partition coefficient (Wildman–Crippen LogP) is 1.56. The van der Waals surface area contributed by atoms with Crippen LogP contribution in [-0.4, -0.2) is 31.9 Å². The summed E-state index contributed by atoms with van der Waals surface area (Å²) in [5.74, 6) is -1.74. The van der Waals surface area contributed by atoms with Gasteiger partial charge in [0.25, 0.3) is 5.71 Å². The first-order chi connectivity index (χ1) is 8.58. The fraction of sp³-hybridized carbons (Fsp3) is 0.182. The molecule has 0 amide bonds. The van der Waals surface area contributed by atoms with Gasteiger partial charge in [0.2, 0.25) is 0 Å². The third-order valence-corrected chi connectivity index (χ3v) is 2.37. The van der Waals surface area contributed by atoms with Crippen molar-refractivity contribution in [2.45, 2.75) is 0 Å². The van der Waals surface area contributed by atoms with Crippen molar-refractivity contribution >= 4 is 39.3 Å². The van der Waals surface area contributed by atoms with Gasteiger partial charge in [-0.25, -0.2) is 9.59 Å². The molecule has 1 aromatic carbocycles. The zero-order valence-electron chi connectivity index (χ0n) is 9.77. The van der Waals surface area contributed by atoms with Crippen LogP contribution in [0, 0.1) is 0 Å². The summed E-state index contributed by atoms with van der Waals surface area (Å²) in [6.07, 6.45) is 0. The lowest BCUT2D eigenvalue weighted by atomic mass is 10.3. The topological polar surface area (TPSA) is 77.0 Å². The minimum atomic E-state index is -0.871. The number of halogens is 1. The highest BCUT2D eigenvalue weighted by Crippen LogP contribution is 2.15. The number of hydrogen-bond donors (Lipinski definition) is 1. The molecular weight excluding hydrogens is 304 g/mol. The molecule has 1 aromatic rings. The number of anilines is 1. The van der Waals surface area contributed by atoms with Gasteiger partial charge < -0.3 is 9.47 Å². The highest BCUT2D eigenvalue weighted by Gasteiger charge is 2.22. The summed E-state index contributed by atoms with van der Waals surface area (Å²) in [5.41, 5.74) is 2.72. The Bertz CT molecular complexity index is 470. The number of benzene rings is 1. The van der Waals surface area contributed by atoms with Crippen molar-refractivity contribution in [3.05, 3.63) is 28.7 Å². The molecule has 0 bridgehead atoms. The standard InChI is InChI=1S/C11H11BrN2O4/c1-17-10(15)9(11(16)18-2)14-13-8-5-3-4-7(12)6-8/h3-6,13H,1-2H3. The maximum absolute atomic E-state index is 11.3. The summed E-state index contributed by atoms with van der Waals surface area (Å²) in [4.78, 5) is 22.6. The number of nitrogens with zero attached hydrogens (tertiary/aromatic N) is 1. The Balaban J connectivity index is 2.90. The molecule has 0 atom stereocenters. The molecule has 0 unspecified atom stereocenters. The minimum absolute atomic E-state index is 0.458. The van der Waals surface area contributed by atoms with E-state index >= 15 is 0 Å². The van der Waals surface area contributed by atoms with Crippen molar-refractivity contribution in [2.75, 3.05) is 19.6 Å². The number of ether oxygens (including phenoxy) is 2. The van der Waals surface area contributed by atoms with Crippen molar-refractivity contribution in [3.8, 4) is 0 Å². The fourth-order valence-electron chi connectivity index (χ4n) is 1.05. The number of methoxy groups -OCH3 is 2. The van der Waals surface area contributed by atoms with E-state index in [1.54, 1.807) is 18.2 Å². The molecule has 0 aromatic heterocycles. The third kappa shape index (κ3) is 3.85. The second-order valence-corrected chi connectivity index (χ2v) is 3.98. The Morgan fingerprint density at radius 1 is 1.22 bits per heavy atom. The normalized spacial score (nSPS) is 9.28. The quantitative estimate of drug-likeness (QED) is 0.395. The van der Waals surface area contributed by atoms with E-state index in [4.69, 9.17) is 0 Å². The summed E-state index contributed by atoms with van der Waals surface area (Å²) < 4.78 is 9.69. The summed E-state index contributed by atoms with van der Waals surface area (Å²) in [6.45, 7) is 0. The molecule has 0 aliphatic rings. The van der Waals surface area contributed by atoms with Gasteiger partial charge in [-0.2, -0.15) is 5.10 Å². The van der Waals surface area contributed by atoms with Crippen LogP contribution in [0.2, 0.25) is 0 Å². The highest BCUT2D eigenvalue weighted by molar-refractivity contribution is 9.10. The van der Waals surface area contributed by atoms with E-state index in [0.29, 0.717) is 5.69 Å². The molecule has 96 valence electrons. The number of hydrazone groups is 1. The summed E-state index contributed by atoms with van der Waals surface area (Å²) in [6, 6.07) is 7.06. The van der Waals surface area contributed by atoms with E-state index < -0.39 is 17.7 Å². The molecule has 18 heavy (non-hydrogen) atoms. The maximum Gasteiger partial charge on any atom is 0.366 e. The Kier molecular flexibility index (Phi) is 5.31. The van der Waals surface area contributed by atoms with Crippen LogP contribution < -0.4 is 5.43 Å². The maximum atomic E-state index is 11.3. The van der Waals surface area contributed by atoms with Crippen molar-refractivity contribution in [1.82, 2.24) is 0 Å². The lowest BCUT2D eigenvalue weighted by Crippen LogP contribution is -2.27. The number of rotatable bonds is 4. The average molecular weight is 315 g/mol. The van der Waals surface area contributed by atoms with Gasteiger partial charge in [-0.3, -0.25) is 5.43 Å². The second kappa shape index (κ2) is 6.75. The number of carbonyl (C=O) groups is 2. The van der Waals surface area contributed by atoms with Gasteiger partial charge in [-0.05, 0) is 18.2 Å². The molecule has 0 aliphatic carbocycles. The van der Waals surface area contributed by atoms with Gasteiger partial charge in [-0.1, -0.05) is 22.0 Å². The molecule has 0 saturated carbocycles. The lowest BCUT2D eigenvalue weighted by molar-refractivity contribution is -0.138. The second-order valence-electron chi connectivity index (χ2n) is 3.07. The van der Waals surface area contributed by atoms with E-state index in [2.05, 4.69) is 35.9 Å². The predicted molar refractivity (Wildman–Crippen MR) is 69.2 cm³/mol. The molecule has 0 fully saturated rings. The SMILES string of the molecule is COC(=O)C(=NNc1cccc(Br)c1)C(=O)OC. The number of esters is 2. The molecule has 6 nitrogen and oxygen atoms in total. The Morgan fingerprint density at radius 3 is 2.33 bits per heavy atom. The zero-order chi connectivity index (χ0) is 13.5. The van der Waals surface area contributed by atoms with Gasteiger partial charge >= 0.3 is 11.9 Å². The van der Waals surface area contributed by atoms with Crippen molar-refractivity contribution in [2.24, 2.45) is 5.10 Å². The van der Waals surface area contributed by atoms with Crippen LogP contribution in [0.15, 0.2) is 33.8 Å². The smallest absolute Gasteiger partial charge is 0.366 e. The first-order valence-electron chi connectivity index (χ1n) is 4.84. The minimum Gasteiger partial charge on any atom is -0.464 e. The zero-order valence-corrected chi connectivity index (χ0v) is 11.4. The highest BCUT2D eigenvalue weighted by atomic mass is 79.9. The Hall–Kier alpha value is -1.89. The molecule has 0 saturated heterocycles. The lowest BCUT2D eigenvalue weighted by Gasteiger charge is -2.04. The largest absolute Gasteiger partial charge is 0.464 e. The Labute approximate surface area is 112 Å². The van der Waals surface area contributed by atoms with Crippen molar-refractivity contribution < 1.29 is 19.1 Å². The first kappa shape index (κ1) is 14.2. The molecule has 7 heteroatoms. The van der Waals surface area contributed by atoms with Crippen LogP contribution in [-0.2, 0) is 19.1 Å². The van der Waals surface area contributed by atoms with Crippen molar-refractivity contribution in [3.63, 3.8) is 0 Å². The molecule has 0 radical (unpaired) electrons. The van der Waals surface area contributed by atoms with Crippen LogP contribution in [0.4, 0.5) is 5.69 Å². The average Bonchev–Trinajstić information content (AvgIpc) is 2.38. The van der Waals surface area contributed by atoms with Gasteiger partial charge in [0, 0.05) is 4.47 Å². The van der Waals surface area contributed by atoms with Gasteiger partial charge in [0.05, 0.1) is 19.9 Å². The van der Waals surface area contributed by atoms with Gasteiger partial charge in [-0.15, -0.1) is 0 Å². The van der Waals surface area contributed by atoms with Gasteiger partial charge in [0.1, 0.15) is 0 Å². The van der Waals surface area contributed by atoms with Gasteiger partial charge in [0.15, 0.2) is 0 Å². The van der Waals surface area contributed by atoms with E-state index in [9.17, 15) is 9.59 Å². The van der Waals surface area contributed by atoms with Crippen LogP contribution in [0.1, 0.15) is 0 Å².